The van der Waals surface area contributed by atoms with Gasteiger partial charge in [0.05, 0.1) is 6.04 Å². The second-order valence-corrected chi connectivity index (χ2v) is 4.35. The Hall–Kier alpha value is -2.44. The highest BCUT2D eigenvalue weighted by Crippen LogP contribution is 2.13. The van der Waals surface area contributed by atoms with Gasteiger partial charge in [-0.05, 0) is 31.0 Å². The lowest BCUT2D eigenvalue weighted by Crippen LogP contribution is -2.31. The second kappa shape index (κ2) is 6.65. The minimum Gasteiger partial charge on any atom is -0.484 e. The average Bonchev–Trinajstić information content (AvgIpc) is 2.99. The predicted octanol–water partition coefficient (Wildman–Crippen LogP) is 1.02. The van der Waals surface area contributed by atoms with E-state index in [1.54, 1.807) is 6.92 Å². The molecule has 0 saturated heterocycles. The molecule has 0 aliphatic heterocycles. The van der Waals surface area contributed by atoms with Crippen LogP contribution in [0, 0.1) is 0 Å². The maximum absolute atomic E-state index is 11.8. The monoisotopic (exact) mass is 275 g/mol. The molecule has 106 valence electrons. The topological polar surface area (TPSA) is 92.8 Å². The third-order valence-corrected chi connectivity index (χ3v) is 2.80. The second-order valence-electron chi connectivity index (χ2n) is 4.35. The Morgan fingerprint density at radius 1 is 1.50 bits per heavy atom. The lowest BCUT2D eigenvalue weighted by molar-refractivity contribution is -0.123. The van der Waals surface area contributed by atoms with Crippen LogP contribution in [0.1, 0.15) is 31.3 Å². The maximum Gasteiger partial charge on any atom is 0.258 e. The Kier molecular flexibility index (Phi) is 4.65. The highest BCUT2D eigenvalue weighted by molar-refractivity contribution is 5.77. The van der Waals surface area contributed by atoms with E-state index >= 15 is 0 Å². The molecule has 1 aromatic heterocycles. The molecule has 7 nitrogen and oxygen atoms in total. The minimum atomic E-state index is -0.313. The van der Waals surface area contributed by atoms with E-state index in [-0.39, 0.29) is 18.6 Å². The van der Waals surface area contributed by atoms with Crippen LogP contribution in [0.2, 0.25) is 0 Å². The molecular formula is C13H17N5O2. The molecule has 0 bridgehead atoms. The van der Waals surface area contributed by atoms with Gasteiger partial charge in [0.25, 0.3) is 5.91 Å². The van der Waals surface area contributed by atoms with E-state index in [9.17, 15) is 4.79 Å². The first kappa shape index (κ1) is 14.0. The molecule has 0 aliphatic rings. The first-order valence-electron chi connectivity index (χ1n) is 6.43. The number of carbonyl (C=O) groups is 1. The summed E-state index contributed by atoms with van der Waals surface area (Å²) < 4.78 is 5.45. The van der Waals surface area contributed by atoms with E-state index in [4.69, 9.17) is 4.74 Å². The number of tetrazole rings is 1. The number of rotatable bonds is 6. The number of H-pyrrole nitrogens is 1. The van der Waals surface area contributed by atoms with Crippen molar-refractivity contribution in [3.63, 3.8) is 0 Å². The number of nitrogens with zero attached hydrogens (tertiary/aromatic N) is 3. The fourth-order valence-electron chi connectivity index (χ4n) is 1.70. The first-order chi connectivity index (χ1) is 9.69. The summed E-state index contributed by atoms with van der Waals surface area (Å²) in [7, 11) is 0. The Morgan fingerprint density at radius 2 is 2.35 bits per heavy atom. The first-order valence-corrected chi connectivity index (χ1v) is 6.43. The van der Waals surface area contributed by atoms with Gasteiger partial charge in [-0.25, -0.2) is 0 Å². The Morgan fingerprint density at radius 3 is 3.05 bits per heavy atom. The minimum absolute atomic E-state index is 0.0463. The van der Waals surface area contributed by atoms with Crippen molar-refractivity contribution in [3.8, 4) is 5.75 Å². The fourth-order valence-corrected chi connectivity index (χ4v) is 1.70. The van der Waals surface area contributed by atoms with Crippen molar-refractivity contribution in [2.24, 2.45) is 0 Å². The van der Waals surface area contributed by atoms with Crippen LogP contribution in [0.15, 0.2) is 24.3 Å². The molecule has 0 spiro atoms. The fraction of sp³-hybridized carbons (Fsp3) is 0.385. The van der Waals surface area contributed by atoms with Gasteiger partial charge >= 0.3 is 0 Å². The Balaban J connectivity index is 1.83. The summed E-state index contributed by atoms with van der Waals surface area (Å²) in [5.74, 6) is 0.891. The van der Waals surface area contributed by atoms with E-state index in [0.29, 0.717) is 11.6 Å². The molecule has 0 aliphatic carbocycles. The van der Waals surface area contributed by atoms with E-state index in [0.717, 1.165) is 6.42 Å². The van der Waals surface area contributed by atoms with Gasteiger partial charge in [0.1, 0.15) is 5.75 Å². The molecule has 2 N–H and O–H groups in total. The smallest absolute Gasteiger partial charge is 0.258 e. The van der Waals surface area contributed by atoms with Crippen molar-refractivity contribution in [2.45, 2.75) is 26.3 Å². The van der Waals surface area contributed by atoms with Gasteiger partial charge in [-0.2, -0.15) is 5.21 Å². The van der Waals surface area contributed by atoms with Gasteiger partial charge < -0.3 is 10.1 Å². The van der Waals surface area contributed by atoms with Crippen LogP contribution in [-0.2, 0) is 11.2 Å². The molecule has 2 aromatic rings. The van der Waals surface area contributed by atoms with Crippen molar-refractivity contribution >= 4 is 5.91 Å². The van der Waals surface area contributed by atoms with Crippen LogP contribution < -0.4 is 10.1 Å². The standard InChI is InChI=1S/C13H17N5O2/c1-3-10-5-4-6-11(7-10)20-8-12(19)14-9(2)13-15-17-18-16-13/h4-7,9H,3,8H2,1-2H3,(H,14,19)(H,15,16,17,18). The summed E-state index contributed by atoms with van der Waals surface area (Å²) in [6, 6.07) is 7.37. The zero-order chi connectivity index (χ0) is 14.4. The molecule has 1 heterocycles. The molecular weight excluding hydrogens is 258 g/mol. The number of benzene rings is 1. The summed E-state index contributed by atoms with van der Waals surface area (Å²) in [6.07, 6.45) is 0.929. The highest BCUT2D eigenvalue weighted by atomic mass is 16.5. The largest absolute Gasteiger partial charge is 0.484 e. The SMILES string of the molecule is CCc1cccc(OCC(=O)NC(C)c2nn[nH]n2)c1. The molecule has 1 unspecified atom stereocenters. The van der Waals surface area contributed by atoms with Gasteiger partial charge in [0.15, 0.2) is 12.4 Å². The zero-order valence-corrected chi connectivity index (χ0v) is 11.5. The third-order valence-electron chi connectivity index (χ3n) is 2.80. The van der Waals surface area contributed by atoms with Gasteiger partial charge in [0.2, 0.25) is 0 Å². The number of aromatic nitrogens is 4. The molecule has 1 aromatic carbocycles. The zero-order valence-electron chi connectivity index (χ0n) is 11.5. The van der Waals surface area contributed by atoms with Gasteiger partial charge in [-0.15, -0.1) is 10.2 Å². The van der Waals surface area contributed by atoms with Crippen molar-refractivity contribution in [2.75, 3.05) is 6.61 Å². The van der Waals surface area contributed by atoms with Crippen molar-refractivity contribution < 1.29 is 9.53 Å². The number of aryl methyl sites for hydroxylation is 1. The number of ether oxygens (including phenoxy) is 1. The van der Waals surface area contributed by atoms with Crippen LogP contribution >= 0.6 is 0 Å². The van der Waals surface area contributed by atoms with Crippen LogP contribution in [0.5, 0.6) is 5.75 Å². The molecule has 1 atom stereocenters. The van der Waals surface area contributed by atoms with Crippen molar-refractivity contribution in [3.05, 3.63) is 35.7 Å². The maximum atomic E-state index is 11.8. The molecule has 20 heavy (non-hydrogen) atoms. The summed E-state index contributed by atoms with van der Waals surface area (Å²) in [4.78, 5) is 11.8. The number of carbonyl (C=O) groups excluding carboxylic acids is 1. The van der Waals surface area contributed by atoms with E-state index in [1.165, 1.54) is 5.56 Å². The molecule has 0 saturated carbocycles. The molecule has 0 fully saturated rings. The summed E-state index contributed by atoms with van der Waals surface area (Å²) >= 11 is 0. The molecule has 1 amide bonds. The van der Waals surface area contributed by atoms with Crippen LogP contribution in [0.3, 0.4) is 0 Å². The summed E-state index contributed by atoms with van der Waals surface area (Å²) in [5.41, 5.74) is 1.17. The highest BCUT2D eigenvalue weighted by Gasteiger charge is 2.13. The number of aromatic amines is 1. The Labute approximate surface area is 116 Å². The van der Waals surface area contributed by atoms with Crippen LogP contribution in [0.4, 0.5) is 0 Å². The number of amides is 1. The van der Waals surface area contributed by atoms with Crippen molar-refractivity contribution in [1.82, 2.24) is 25.9 Å². The lowest BCUT2D eigenvalue weighted by Gasteiger charge is -2.11. The van der Waals surface area contributed by atoms with Gasteiger partial charge in [-0.1, -0.05) is 24.3 Å². The van der Waals surface area contributed by atoms with Crippen molar-refractivity contribution in [1.29, 1.82) is 0 Å². The third kappa shape index (κ3) is 3.78. The number of hydrogen-bond donors (Lipinski definition) is 2. The number of nitrogens with one attached hydrogen (secondary N) is 2. The van der Waals surface area contributed by atoms with Crippen LogP contribution in [0.25, 0.3) is 0 Å². The van der Waals surface area contributed by atoms with E-state index in [2.05, 4.69) is 32.9 Å². The van der Waals surface area contributed by atoms with Gasteiger partial charge in [0, 0.05) is 0 Å². The molecule has 0 radical (unpaired) electrons. The van der Waals surface area contributed by atoms with Gasteiger partial charge in [-0.3, -0.25) is 4.79 Å². The summed E-state index contributed by atoms with van der Waals surface area (Å²) in [5, 5.41) is 16.1. The number of hydrogen-bond acceptors (Lipinski definition) is 5. The van der Waals surface area contributed by atoms with E-state index in [1.807, 2.05) is 24.3 Å². The average molecular weight is 275 g/mol. The predicted molar refractivity (Wildman–Crippen MR) is 72.1 cm³/mol. The quantitative estimate of drug-likeness (QED) is 0.821. The Bertz CT molecular complexity index is 556. The normalized spacial score (nSPS) is 11.9. The van der Waals surface area contributed by atoms with Crippen LogP contribution in [-0.4, -0.2) is 33.1 Å². The molecule has 2 rings (SSSR count). The van der Waals surface area contributed by atoms with E-state index < -0.39 is 0 Å². The molecule has 7 heteroatoms. The lowest BCUT2D eigenvalue weighted by atomic mass is 10.2. The summed E-state index contributed by atoms with van der Waals surface area (Å²) in [6.45, 7) is 3.80.